The molecule has 0 aromatic heterocycles. The van der Waals surface area contributed by atoms with Gasteiger partial charge in [-0.15, -0.1) is 0 Å². The van der Waals surface area contributed by atoms with Gasteiger partial charge in [0.15, 0.2) is 5.78 Å². The van der Waals surface area contributed by atoms with Gasteiger partial charge in [0.05, 0.1) is 0 Å². The molecule has 0 saturated carbocycles. The maximum absolute atomic E-state index is 11.9. The zero-order valence-electron chi connectivity index (χ0n) is 11.3. The van der Waals surface area contributed by atoms with Crippen LogP contribution in [0.3, 0.4) is 0 Å². The van der Waals surface area contributed by atoms with Gasteiger partial charge in [0.1, 0.15) is 0 Å². The van der Waals surface area contributed by atoms with Crippen molar-refractivity contribution in [2.24, 2.45) is 0 Å². The van der Waals surface area contributed by atoms with Gasteiger partial charge in [0, 0.05) is 29.5 Å². The summed E-state index contributed by atoms with van der Waals surface area (Å²) in [4.78, 5) is 23.7. The molecular formula is C15H19ClN2O2. The van der Waals surface area contributed by atoms with Crippen molar-refractivity contribution in [1.82, 2.24) is 10.6 Å². The van der Waals surface area contributed by atoms with Crippen LogP contribution in [-0.2, 0) is 4.79 Å². The summed E-state index contributed by atoms with van der Waals surface area (Å²) >= 11 is 5.77. The molecule has 2 rings (SSSR count). The van der Waals surface area contributed by atoms with Crippen LogP contribution < -0.4 is 10.6 Å². The highest BCUT2D eigenvalue weighted by Gasteiger charge is 2.16. The molecule has 0 radical (unpaired) electrons. The number of halogens is 1. The van der Waals surface area contributed by atoms with Crippen LogP contribution in [0.5, 0.6) is 0 Å². The largest absolute Gasteiger partial charge is 0.353 e. The van der Waals surface area contributed by atoms with E-state index in [4.69, 9.17) is 11.6 Å². The number of nitrogens with one attached hydrogen (secondary N) is 2. The molecule has 4 nitrogen and oxygen atoms in total. The number of amides is 1. The third kappa shape index (κ3) is 4.62. The molecule has 1 aliphatic rings. The third-order valence-electron chi connectivity index (χ3n) is 3.45. The molecule has 1 aromatic rings. The number of hydrogen-bond acceptors (Lipinski definition) is 3. The van der Waals surface area contributed by atoms with Gasteiger partial charge in [0.25, 0.3) is 0 Å². The lowest BCUT2D eigenvalue weighted by Gasteiger charge is -2.23. The van der Waals surface area contributed by atoms with Gasteiger partial charge in [-0.05, 0) is 50.2 Å². The minimum absolute atomic E-state index is 0.0258. The first-order valence-electron chi connectivity index (χ1n) is 6.94. The minimum atomic E-state index is -0.0424. The number of carbonyl (C=O) groups is 2. The highest BCUT2D eigenvalue weighted by atomic mass is 35.5. The van der Waals surface area contributed by atoms with Crippen molar-refractivity contribution in [3.63, 3.8) is 0 Å². The van der Waals surface area contributed by atoms with E-state index in [1.807, 2.05) is 0 Å². The van der Waals surface area contributed by atoms with E-state index in [9.17, 15) is 9.59 Å². The van der Waals surface area contributed by atoms with Crippen LogP contribution >= 0.6 is 11.6 Å². The molecule has 1 saturated heterocycles. The second-order valence-electron chi connectivity index (χ2n) is 5.02. The first-order valence-corrected chi connectivity index (χ1v) is 7.32. The fraction of sp³-hybridized carbons (Fsp3) is 0.467. The number of benzene rings is 1. The van der Waals surface area contributed by atoms with E-state index in [2.05, 4.69) is 10.6 Å². The van der Waals surface area contributed by atoms with Crippen LogP contribution in [0.4, 0.5) is 0 Å². The van der Waals surface area contributed by atoms with E-state index in [0.29, 0.717) is 10.6 Å². The van der Waals surface area contributed by atoms with Crippen molar-refractivity contribution in [2.75, 3.05) is 13.1 Å². The Morgan fingerprint density at radius 1 is 1.15 bits per heavy atom. The molecule has 20 heavy (non-hydrogen) atoms. The SMILES string of the molecule is O=C(CCC(=O)c1ccc(Cl)cc1)NC1CCNCC1. The van der Waals surface area contributed by atoms with Crippen molar-refractivity contribution < 1.29 is 9.59 Å². The molecule has 5 heteroatoms. The lowest BCUT2D eigenvalue weighted by molar-refractivity contribution is -0.121. The van der Waals surface area contributed by atoms with Gasteiger partial charge in [-0.2, -0.15) is 0 Å². The van der Waals surface area contributed by atoms with Crippen LogP contribution in [0.25, 0.3) is 0 Å². The maximum Gasteiger partial charge on any atom is 0.220 e. The van der Waals surface area contributed by atoms with Gasteiger partial charge in [-0.3, -0.25) is 9.59 Å². The van der Waals surface area contributed by atoms with E-state index in [1.165, 1.54) is 0 Å². The molecule has 2 N–H and O–H groups in total. The molecule has 108 valence electrons. The Morgan fingerprint density at radius 3 is 2.45 bits per heavy atom. The fourth-order valence-electron chi connectivity index (χ4n) is 2.27. The Morgan fingerprint density at radius 2 is 1.80 bits per heavy atom. The molecule has 1 heterocycles. The van der Waals surface area contributed by atoms with Crippen LogP contribution in [-0.4, -0.2) is 30.8 Å². The number of piperidine rings is 1. The monoisotopic (exact) mass is 294 g/mol. The Balaban J connectivity index is 1.75. The Labute approximate surface area is 123 Å². The Kier molecular flexibility index (Phi) is 5.56. The minimum Gasteiger partial charge on any atom is -0.353 e. The lowest BCUT2D eigenvalue weighted by Crippen LogP contribution is -2.42. The van der Waals surface area contributed by atoms with Gasteiger partial charge in [-0.1, -0.05) is 11.6 Å². The molecule has 0 aliphatic carbocycles. The van der Waals surface area contributed by atoms with Crippen LogP contribution in [0.15, 0.2) is 24.3 Å². The van der Waals surface area contributed by atoms with Gasteiger partial charge >= 0.3 is 0 Å². The van der Waals surface area contributed by atoms with Gasteiger partial charge in [-0.25, -0.2) is 0 Å². The van der Waals surface area contributed by atoms with E-state index < -0.39 is 0 Å². The summed E-state index contributed by atoms with van der Waals surface area (Å²) in [5.74, 6) is -0.0682. The van der Waals surface area contributed by atoms with E-state index in [1.54, 1.807) is 24.3 Å². The highest BCUT2D eigenvalue weighted by molar-refractivity contribution is 6.30. The molecular weight excluding hydrogens is 276 g/mol. The summed E-state index contributed by atoms with van der Waals surface area (Å²) in [5.41, 5.74) is 0.601. The van der Waals surface area contributed by atoms with Crippen molar-refractivity contribution in [3.8, 4) is 0 Å². The average Bonchev–Trinajstić information content (AvgIpc) is 2.46. The molecule has 0 spiro atoms. The number of rotatable bonds is 5. The summed E-state index contributed by atoms with van der Waals surface area (Å²) in [6, 6.07) is 6.99. The number of ketones is 1. The zero-order valence-corrected chi connectivity index (χ0v) is 12.1. The van der Waals surface area contributed by atoms with Crippen LogP contribution in [0.1, 0.15) is 36.0 Å². The highest BCUT2D eigenvalue weighted by Crippen LogP contribution is 2.12. The molecule has 0 unspecified atom stereocenters. The normalized spacial score (nSPS) is 15.8. The summed E-state index contributed by atoms with van der Waals surface area (Å²) in [6.45, 7) is 1.88. The smallest absolute Gasteiger partial charge is 0.220 e. The fourth-order valence-corrected chi connectivity index (χ4v) is 2.40. The Bertz CT molecular complexity index is 467. The second kappa shape index (κ2) is 7.41. The Hall–Kier alpha value is -1.39. The zero-order chi connectivity index (χ0) is 14.4. The van der Waals surface area contributed by atoms with Crippen molar-refractivity contribution in [2.45, 2.75) is 31.7 Å². The molecule has 0 bridgehead atoms. The maximum atomic E-state index is 11.9. The van der Waals surface area contributed by atoms with E-state index >= 15 is 0 Å². The number of carbonyl (C=O) groups excluding carboxylic acids is 2. The third-order valence-corrected chi connectivity index (χ3v) is 3.70. The topological polar surface area (TPSA) is 58.2 Å². The summed E-state index contributed by atoms with van der Waals surface area (Å²) in [5, 5.41) is 6.83. The lowest BCUT2D eigenvalue weighted by atomic mass is 10.0. The van der Waals surface area contributed by atoms with Crippen LogP contribution in [0.2, 0.25) is 5.02 Å². The van der Waals surface area contributed by atoms with Crippen molar-refractivity contribution in [3.05, 3.63) is 34.9 Å². The molecule has 1 amide bonds. The van der Waals surface area contributed by atoms with E-state index in [0.717, 1.165) is 25.9 Å². The predicted molar refractivity (Wildman–Crippen MR) is 79.1 cm³/mol. The van der Waals surface area contributed by atoms with Crippen molar-refractivity contribution >= 4 is 23.3 Å². The summed E-state index contributed by atoms with van der Waals surface area (Å²) in [7, 11) is 0. The first kappa shape index (κ1) is 15.0. The number of Topliss-reactive ketones (excluding diaryl/α,β-unsaturated/α-hetero) is 1. The van der Waals surface area contributed by atoms with E-state index in [-0.39, 0.29) is 30.6 Å². The standard InChI is InChI=1S/C15H19ClN2O2/c16-12-3-1-11(2-4-12)14(19)5-6-15(20)18-13-7-9-17-10-8-13/h1-4,13,17H,5-10H2,(H,18,20). The second-order valence-corrected chi connectivity index (χ2v) is 5.46. The molecule has 1 aromatic carbocycles. The van der Waals surface area contributed by atoms with Gasteiger partial charge < -0.3 is 10.6 Å². The average molecular weight is 295 g/mol. The molecule has 0 atom stereocenters. The molecule has 1 aliphatic heterocycles. The summed E-state index contributed by atoms with van der Waals surface area (Å²) < 4.78 is 0. The molecule has 1 fully saturated rings. The first-order chi connectivity index (χ1) is 9.65. The van der Waals surface area contributed by atoms with Crippen molar-refractivity contribution in [1.29, 1.82) is 0 Å². The summed E-state index contributed by atoms with van der Waals surface area (Å²) in [6.07, 6.45) is 2.39. The van der Waals surface area contributed by atoms with Crippen LogP contribution in [0, 0.1) is 0 Å². The number of hydrogen-bond donors (Lipinski definition) is 2. The van der Waals surface area contributed by atoms with Gasteiger partial charge in [0.2, 0.25) is 5.91 Å². The predicted octanol–water partition coefficient (Wildman–Crippen LogP) is 2.17. The quantitative estimate of drug-likeness (QED) is 0.818.